The lowest BCUT2D eigenvalue weighted by Crippen LogP contribution is -2.55. The summed E-state index contributed by atoms with van der Waals surface area (Å²) >= 11 is 0. The van der Waals surface area contributed by atoms with Crippen LogP contribution >= 0.6 is 0 Å². The number of amides is 3. The van der Waals surface area contributed by atoms with Crippen molar-refractivity contribution in [1.29, 1.82) is 0 Å². The number of nitrogens with zero attached hydrogens (tertiary/aromatic N) is 1. The van der Waals surface area contributed by atoms with E-state index in [-0.39, 0.29) is 35.0 Å². The molecule has 136 valence electrons. The van der Waals surface area contributed by atoms with Gasteiger partial charge in [0.25, 0.3) is 0 Å². The van der Waals surface area contributed by atoms with Gasteiger partial charge in [0.2, 0.25) is 0 Å². The van der Waals surface area contributed by atoms with Crippen LogP contribution < -0.4 is 10.6 Å². The van der Waals surface area contributed by atoms with Crippen LogP contribution in [0.1, 0.15) is 52.9 Å². The number of ether oxygens (including phenoxy) is 1. The second-order valence-electron chi connectivity index (χ2n) is 8.54. The van der Waals surface area contributed by atoms with Gasteiger partial charge in [0.1, 0.15) is 0 Å². The third-order valence-corrected chi connectivity index (χ3v) is 7.29. The van der Waals surface area contributed by atoms with E-state index in [4.69, 9.17) is 4.74 Å². The number of nitrogens with one attached hydrogen (secondary N) is 2. The Morgan fingerprint density at radius 2 is 1.92 bits per heavy atom. The number of methoxy groups -OCH3 is 1. The van der Waals surface area contributed by atoms with Crippen molar-refractivity contribution in [3.8, 4) is 0 Å². The van der Waals surface area contributed by atoms with Crippen molar-refractivity contribution in [2.75, 3.05) is 20.2 Å². The van der Waals surface area contributed by atoms with E-state index >= 15 is 0 Å². The van der Waals surface area contributed by atoms with E-state index in [1.807, 2.05) is 0 Å². The van der Waals surface area contributed by atoms with Crippen LogP contribution in [-0.4, -0.2) is 49.3 Å². The number of fused-ring (bicyclic) bond motifs is 2. The van der Waals surface area contributed by atoms with Gasteiger partial charge < -0.3 is 20.3 Å². The Labute approximate surface area is 144 Å². The fourth-order valence-corrected chi connectivity index (χ4v) is 5.20. The molecule has 2 N–H and O–H groups in total. The number of piperidine rings is 1. The molecule has 3 amide bonds. The van der Waals surface area contributed by atoms with Crippen molar-refractivity contribution in [2.24, 2.45) is 16.7 Å². The molecule has 2 saturated carbocycles. The highest BCUT2D eigenvalue weighted by Gasteiger charge is 2.61. The van der Waals surface area contributed by atoms with Gasteiger partial charge in [-0.15, -0.1) is 0 Å². The molecular weight excluding hydrogens is 306 g/mol. The maximum Gasteiger partial charge on any atom is 0.409 e. The van der Waals surface area contributed by atoms with Gasteiger partial charge in [-0.3, -0.25) is 0 Å². The third-order valence-electron chi connectivity index (χ3n) is 7.29. The zero-order valence-electron chi connectivity index (χ0n) is 15.4. The minimum Gasteiger partial charge on any atom is -0.453 e. The SMILES string of the molecule is COC(=O)N1CCC[C@@H](NC(=O)N[C@@H]2C[C@H]3CC[C@@]2(C)C3(C)C)C1. The van der Waals surface area contributed by atoms with Gasteiger partial charge in [-0.2, -0.15) is 0 Å². The van der Waals surface area contributed by atoms with Crippen molar-refractivity contribution < 1.29 is 14.3 Å². The minimum absolute atomic E-state index is 0.00254. The summed E-state index contributed by atoms with van der Waals surface area (Å²) in [7, 11) is 1.39. The number of hydrogen-bond acceptors (Lipinski definition) is 3. The lowest BCUT2D eigenvalue weighted by molar-refractivity contribution is 0.106. The number of rotatable bonds is 2. The van der Waals surface area contributed by atoms with E-state index in [1.165, 1.54) is 20.0 Å². The van der Waals surface area contributed by atoms with Gasteiger partial charge in [0.15, 0.2) is 0 Å². The average Bonchev–Trinajstić information content (AvgIpc) is 2.87. The second-order valence-corrected chi connectivity index (χ2v) is 8.54. The Morgan fingerprint density at radius 1 is 1.17 bits per heavy atom. The standard InChI is InChI=1S/C18H31N3O3/c1-17(2)12-7-8-18(17,3)14(10-12)20-15(22)19-13-6-5-9-21(11-13)16(23)24-4/h12-14H,5-11H2,1-4H3,(H2,19,20,22)/t12-,13-,14-,18-/m1/s1. The maximum absolute atomic E-state index is 12.5. The Kier molecular flexibility index (Phi) is 4.43. The van der Waals surface area contributed by atoms with Gasteiger partial charge in [-0.25, -0.2) is 9.59 Å². The summed E-state index contributed by atoms with van der Waals surface area (Å²) in [6, 6.07) is 0.144. The van der Waals surface area contributed by atoms with Crippen LogP contribution in [0.5, 0.6) is 0 Å². The van der Waals surface area contributed by atoms with Crippen LogP contribution in [0.3, 0.4) is 0 Å². The molecule has 0 aromatic heterocycles. The quantitative estimate of drug-likeness (QED) is 0.814. The van der Waals surface area contributed by atoms with Gasteiger partial charge in [0.05, 0.1) is 7.11 Å². The third kappa shape index (κ3) is 2.74. The maximum atomic E-state index is 12.5. The van der Waals surface area contributed by atoms with Crippen LogP contribution in [0.15, 0.2) is 0 Å². The summed E-state index contributed by atoms with van der Waals surface area (Å²) < 4.78 is 4.78. The molecule has 1 saturated heterocycles. The van der Waals surface area contributed by atoms with Crippen LogP contribution in [-0.2, 0) is 4.74 Å². The monoisotopic (exact) mass is 337 g/mol. The number of urea groups is 1. The van der Waals surface area contributed by atoms with E-state index in [1.54, 1.807) is 4.90 Å². The van der Waals surface area contributed by atoms with Crippen molar-refractivity contribution >= 4 is 12.1 Å². The summed E-state index contributed by atoms with van der Waals surface area (Å²) in [5.74, 6) is 0.706. The lowest BCUT2D eigenvalue weighted by atomic mass is 9.69. The average molecular weight is 337 g/mol. The molecule has 1 aliphatic heterocycles. The van der Waals surface area contributed by atoms with Gasteiger partial charge in [-0.05, 0) is 48.9 Å². The fraction of sp³-hybridized carbons (Fsp3) is 0.889. The first-order valence-corrected chi connectivity index (χ1v) is 9.18. The highest BCUT2D eigenvalue weighted by molar-refractivity contribution is 5.75. The molecule has 3 rings (SSSR count). The molecule has 6 heteroatoms. The van der Waals surface area contributed by atoms with E-state index in [2.05, 4.69) is 31.4 Å². The molecule has 0 radical (unpaired) electrons. The molecule has 2 bridgehead atoms. The van der Waals surface area contributed by atoms with Crippen molar-refractivity contribution in [1.82, 2.24) is 15.5 Å². The molecule has 0 aromatic carbocycles. The molecule has 6 nitrogen and oxygen atoms in total. The fourth-order valence-electron chi connectivity index (χ4n) is 5.20. The summed E-state index contributed by atoms with van der Waals surface area (Å²) in [6.45, 7) is 8.24. The van der Waals surface area contributed by atoms with E-state index in [9.17, 15) is 9.59 Å². The summed E-state index contributed by atoms with van der Waals surface area (Å²) in [5.41, 5.74) is 0.469. The van der Waals surface area contributed by atoms with E-state index in [0.29, 0.717) is 19.0 Å². The summed E-state index contributed by atoms with van der Waals surface area (Å²) in [6.07, 6.45) is 5.02. The first kappa shape index (κ1) is 17.4. The second kappa shape index (κ2) is 6.12. The minimum atomic E-state index is -0.315. The van der Waals surface area contributed by atoms with Crippen LogP contribution in [0.4, 0.5) is 9.59 Å². The molecule has 3 aliphatic rings. The predicted octanol–water partition coefficient (Wildman–Crippen LogP) is 2.73. The molecule has 3 fully saturated rings. The smallest absolute Gasteiger partial charge is 0.409 e. The molecular formula is C18H31N3O3. The molecule has 24 heavy (non-hydrogen) atoms. The van der Waals surface area contributed by atoms with E-state index in [0.717, 1.165) is 19.3 Å². The number of likely N-dealkylation sites (tertiary alicyclic amines) is 1. The Morgan fingerprint density at radius 3 is 2.50 bits per heavy atom. The number of hydrogen-bond donors (Lipinski definition) is 2. The molecule has 0 unspecified atom stereocenters. The Balaban J connectivity index is 1.54. The topological polar surface area (TPSA) is 70.7 Å². The summed E-state index contributed by atoms with van der Waals surface area (Å²) in [4.78, 5) is 25.8. The van der Waals surface area contributed by atoms with Crippen molar-refractivity contribution in [3.05, 3.63) is 0 Å². The number of carbonyl (C=O) groups is 2. The zero-order chi connectivity index (χ0) is 17.5. The lowest BCUT2D eigenvalue weighted by Gasteiger charge is -2.40. The predicted molar refractivity (Wildman–Crippen MR) is 91.7 cm³/mol. The molecule has 0 aromatic rings. The van der Waals surface area contributed by atoms with Crippen LogP contribution in [0.25, 0.3) is 0 Å². The Bertz CT molecular complexity index is 522. The van der Waals surface area contributed by atoms with Gasteiger partial charge in [0, 0.05) is 25.2 Å². The summed E-state index contributed by atoms with van der Waals surface area (Å²) in [5, 5.41) is 6.29. The highest BCUT2D eigenvalue weighted by atomic mass is 16.5. The molecule has 0 spiro atoms. The number of carbonyl (C=O) groups excluding carboxylic acids is 2. The van der Waals surface area contributed by atoms with Crippen molar-refractivity contribution in [2.45, 2.75) is 65.0 Å². The highest BCUT2D eigenvalue weighted by Crippen LogP contribution is 2.65. The van der Waals surface area contributed by atoms with Crippen LogP contribution in [0, 0.1) is 16.7 Å². The molecule has 2 aliphatic carbocycles. The van der Waals surface area contributed by atoms with E-state index < -0.39 is 0 Å². The van der Waals surface area contributed by atoms with Gasteiger partial charge >= 0.3 is 12.1 Å². The largest absolute Gasteiger partial charge is 0.453 e. The normalized spacial score (nSPS) is 37.2. The molecule has 4 atom stereocenters. The zero-order valence-corrected chi connectivity index (χ0v) is 15.4. The first-order valence-electron chi connectivity index (χ1n) is 9.18. The molecule has 1 heterocycles. The first-order chi connectivity index (χ1) is 11.3. The van der Waals surface area contributed by atoms with Crippen LogP contribution in [0.2, 0.25) is 0 Å². The van der Waals surface area contributed by atoms with Gasteiger partial charge in [-0.1, -0.05) is 20.8 Å². The van der Waals surface area contributed by atoms with Crippen molar-refractivity contribution in [3.63, 3.8) is 0 Å². The Hall–Kier alpha value is -1.46.